The molecular weight excluding hydrogens is 236 g/mol. The Morgan fingerprint density at radius 3 is 3.00 bits per heavy atom. The Morgan fingerprint density at radius 1 is 1.39 bits per heavy atom. The van der Waals surface area contributed by atoms with Gasteiger partial charge in [-0.3, -0.25) is 0 Å². The number of H-pyrrole nitrogens is 1. The van der Waals surface area contributed by atoms with E-state index < -0.39 is 6.48 Å². The van der Waals surface area contributed by atoms with Crippen molar-refractivity contribution in [1.29, 1.82) is 0 Å². The molecule has 0 aliphatic carbocycles. The van der Waals surface area contributed by atoms with E-state index in [0.717, 1.165) is 5.52 Å². The second kappa shape index (κ2) is 4.97. The molecule has 0 aromatic carbocycles. The molecule has 0 atom stereocenters. The zero-order valence-corrected chi connectivity index (χ0v) is 10.00. The van der Waals surface area contributed by atoms with Gasteiger partial charge < -0.3 is 19.2 Å². The number of fused-ring (bicyclic) bond motifs is 1. The summed E-state index contributed by atoms with van der Waals surface area (Å²) in [6.07, 6.45) is 3.32. The summed E-state index contributed by atoms with van der Waals surface area (Å²) in [6.45, 7) is 2.86. The first-order valence-corrected chi connectivity index (χ1v) is 5.87. The zero-order valence-electron chi connectivity index (χ0n) is 10.00. The summed E-state index contributed by atoms with van der Waals surface area (Å²) in [5.41, 5.74) is 1.48. The smallest absolute Gasteiger partial charge is 0.271 e. The molecule has 0 amide bonds. The van der Waals surface area contributed by atoms with Gasteiger partial charge in [0.15, 0.2) is 5.65 Å². The molecule has 7 nitrogen and oxygen atoms in total. The normalized spacial score (nSPS) is 24.5. The molecule has 1 N–H and O–H groups in total. The van der Waals surface area contributed by atoms with Crippen molar-refractivity contribution >= 4 is 11.2 Å². The molecule has 7 heteroatoms. The van der Waals surface area contributed by atoms with Crippen LogP contribution in [0.5, 0.6) is 0 Å². The van der Waals surface area contributed by atoms with Crippen LogP contribution in [-0.4, -0.2) is 46.2 Å². The first-order chi connectivity index (χ1) is 8.86. The molecule has 0 bridgehead atoms. The minimum absolute atomic E-state index is 0.0165. The second-order valence-corrected chi connectivity index (χ2v) is 3.98. The number of hydrogen-bond donors (Lipinski definition) is 1. The topological polar surface area (TPSA) is 82.2 Å². The SMILES string of the molecule is CCOC1OCC(c2ncc3[nH]cnc3n2)CO1. The molecule has 2 aromatic rings. The van der Waals surface area contributed by atoms with Crippen molar-refractivity contribution in [2.75, 3.05) is 19.8 Å². The third-order valence-electron chi connectivity index (χ3n) is 2.73. The summed E-state index contributed by atoms with van der Waals surface area (Å²) >= 11 is 0. The van der Waals surface area contributed by atoms with E-state index in [-0.39, 0.29) is 5.92 Å². The monoisotopic (exact) mass is 250 g/mol. The molecule has 3 rings (SSSR count). The van der Waals surface area contributed by atoms with Crippen LogP contribution in [0, 0.1) is 0 Å². The van der Waals surface area contributed by atoms with Gasteiger partial charge in [0, 0.05) is 6.61 Å². The van der Waals surface area contributed by atoms with Gasteiger partial charge in [0.2, 0.25) is 0 Å². The standard InChI is InChI=1S/C11H14N4O3/c1-2-16-11-17-4-7(5-18-11)9-12-3-8-10(15-9)14-6-13-8/h3,6-7,11H,2,4-5H2,1H3,(H,12,13,14,15). The van der Waals surface area contributed by atoms with E-state index in [1.165, 1.54) is 0 Å². The number of imidazole rings is 1. The number of aromatic amines is 1. The Labute approximate surface area is 104 Å². The average Bonchev–Trinajstić information content (AvgIpc) is 2.87. The average molecular weight is 250 g/mol. The van der Waals surface area contributed by atoms with Gasteiger partial charge in [-0.15, -0.1) is 0 Å². The largest absolute Gasteiger partial charge is 0.342 e. The molecule has 1 aliphatic rings. The van der Waals surface area contributed by atoms with Crippen LogP contribution in [0.4, 0.5) is 0 Å². The van der Waals surface area contributed by atoms with Crippen LogP contribution in [-0.2, 0) is 14.2 Å². The molecule has 1 saturated heterocycles. The van der Waals surface area contributed by atoms with Crippen LogP contribution in [0.2, 0.25) is 0 Å². The van der Waals surface area contributed by atoms with E-state index in [2.05, 4.69) is 19.9 Å². The van der Waals surface area contributed by atoms with E-state index in [9.17, 15) is 0 Å². The third kappa shape index (κ3) is 2.20. The lowest BCUT2D eigenvalue weighted by Gasteiger charge is -2.27. The van der Waals surface area contributed by atoms with Crippen LogP contribution < -0.4 is 0 Å². The summed E-state index contributed by atoms with van der Waals surface area (Å²) in [6, 6.07) is 0. The zero-order chi connectivity index (χ0) is 12.4. The van der Waals surface area contributed by atoms with E-state index in [1.54, 1.807) is 12.5 Å². The van der Waals surface area contributed by atoms with Crippen LogP contribution in [0.1, 0.15) is 18.7 Å². The van der Waals surface area contributed by atoms with E-state index >= 15 is 0 Å². The van der Waals surface area contributed by atoms with Gasteiger partial charge in [0.05, 0.1) is 31.7 Å². The fourth-order valence-corrected chi connectivity index (χ4v) is 1.81. The maximum atomic E-state index is 5.43. The summed E-state index contributed by atoms with van der Waals surface area (Å²) in [5.74, 6) is 0.701. The molecule has 3 heterocycles. The minimum Gasteiger partial charge on any atom is -0.342 e. The van der Waals surface area contributed by atoms with Gasteiger partial charge in [-0.25, -0.2) is 15.0 Å². The summed E-state index contributed by atoms with van der Waals surface area (Å²) in [4.78, 5) is 15.7. The van der Waals surface area contributed by atoms with Crippen LogP contribution in [0.3, 0.4) is 0 Å². The Hall–Kier alpha value is -1.57. The number of nitrogens with zero attached hydrogens (tertiary/aromatic N) is 3. The highest BCUT2D eigenvalue weighted by molar-refractivity contribution is 5.68. The Bertz CT molecular complexity index is 522. The van der Waals surface area contributed by atoms with Crippen molar-refractivity contribution < 1.29 is 14.2 Å². The lowest BCUT2D eigenvalue weighted by atomic mass is 10.1. The molecule has 96 valence electrons. The number of ether oxygens (including phenoxy) is 3. The molecule has 0 unspecified atom stereocenters. The van der Waals surface area contributed by atoms with E-state index in [0.29, 0.717) is 31.3 Å². The Kier molecular flexibility index (Phi) is 3.18. The van der Waals surface area contributed by atoms with Crippen molar-refractivity contribution in [2.24, 2.45) is 0 Å². The molecule has 18 heavy (non-hydrogen) atoms. The first kappa shape index (κ1) is 11.5. The fraction of sp³-hybridized carbons (Fsp3) is 0.545. The van der Waals surface area contributed by atoms with Crippen LogP contribution in [0.15, 0.2) is 12.5 Å². The van der Waals surface area contributed by atoms with E-state index in [1.807, 2.05) is 6.92 Å². The van der Waals surface area contributed by atoms with Gasteiger partial charge >= 0.3 is 0 Å². The molecule has 0 radical (unpaired) electrons. The molecule has 1 fully saturated rings. The van der Waals surface area contributed by atoms with E-state index in [4.69, 9.17) is 14.2 Å². The van der Waals surface area contributed by atoms with Crippen LogP contribution >= 0.6 is 0 Å². The molecule has 0 saturated carbocycles. The van der Waals surface area contributed by atoms with Gasteiger partial charge in [-0.2, -0.15) is 0 Å². The van der Waals surface area contributed by atoms with Crippen molar-refractivity contribution in [2.45, 2.75) is 19.3 Å². The third-order valence-corrected chi connectivity index (χ3v) is 2.73. The lowest BCUT2D eigenvalue weighted by Crippen LogP contribution is -2.33. The van der Waals surface area contributed by atoms with Gasteiger partial charge in [-0.05, 0) is 6.92 Å². The highest BCUT2D eigenvalue weighted by Crippen LogP contribution is 2.20. The van der Waals surface area contributed by atoms with Crippen molar-refractivity contribution in [1.82, 2.24) is 19.9 Å². The minimum atomic E-state index is -0.569. The maximum absolute atomic E-state index is 5.43. The number of hydrogen-bond acceptors (Lipinski definition) is 6. The molecule has 1 aliphatic heterocycles. The molecule has 0 spiro atoms. The Balaban J connectivity index is 1.71. The highest BCUT2D eigenvalue weighted by atomic mass is 16.8. The molecule has 2 aromatic heterocycles. The second-order valence-electron chi connectivity index (χ2n) is 3.98. The quantitative estimate of drug-likeness (QED) is 0.867. The fourth-order valence-electron chi connectivity index (χ4n) is 1.81. The van der Waals surface area contributed by atoms with Crippen molar-refractivity contribution in [3.8, 4) is 0 Å². The predicted octanol–water partition coefficient (Wildman–Crippen LogP) is 0.803. The van der Waals surface area contributed by atoms with Gasteiger partial charge in [0.25, 0.3) is 6.48 Å². The molecular formula is C11H14N4O3. The van der Waals surface area contributed by atoms with Gasteiger partial charge in [-0.1, -0.05) is 0 Å². The Morgan fingerprint density at radius 2 is 2.22 bits per heavy atom. The maximum Gasteiger partial charge on any atom is 0.271 e. The predicted molar refractivity (Wildman–Crippen MR) is 61.7 cm³/mol. The van der Waals surface area contributed by atoms with Crippen molar-refractivity contribution in [3.63, 3.8) is 0 Å². The summed E-state index contributed by atoms with van der Waals surface area (Å²) < 4.78 is 16.1. The van der Waals surface area contributed by atoms with Gasteiger partial charge in [0.1, 0.15) is 11.3 Å². The number of nitrogens with one attached hydrogen (secondary N) is 1. The number of aromatic nitrogens is 4. The highest BCUT2D eigenvalue weighted by Gasteiger charge is 2.25. The number of rotatable bonds is 3. The van der Waals surface area contributed by atoms with Crippen molar-refractivity contribution in [3.05, 3.63) is 18.3 Å². The van der Waals surface area contributed by atoms with Crippen LogP contribution in [0.25, 0.3) is 11.2 Å². The summed E-state index contributed by atoms with van der Waals surface area (Å²) in [7, 11) is 0. The lowest BCUT2D eigenvalue weighted by molar-refractivity contribution is -0.313. The first-order valence-electron chi connectivity index (χ1n) is 5.87. The summed E-state index contributed by atoms with van der Waals surface area (Å²) in [5, 5.41) is 0.